The molecule has 1 unspecified atom stereocenters. The Hall–Kier alpha value is -1.59. The van der Waals surface area contributed by atoms with Gasteiger partial charge in [0.25, 0.3) is 0 Å². The van der Waals surface area contributed by atoms with Crippen LogP contribution >= 0.6 is 0 Å². The molecule has 1 rings (SSSR count). The normalized spacial score (nSPS) is 13.0. The molecule has 1 aromatic carbocycles. The van der Waals surface area contributed by atoms with Crippen molar-refractivity contribution in [1.82, 2.24) is 10.6 Å². The minimum absolute atomic E-state index is 0.217. The summed E-state index contributed by atoms with van der Waals surface area (Å²) in [4.78, 5) is 4.20. The molecule has 0 saturated carbocycles. The fourth-order valence-corrected chi connectivity index (χ4v) is 1.88. The third-order valence-corrected chi connectivity index (χ3v) is 2.98. The smallest absolute Gasteiger partial charge is 0.191 e. The molecule has 0 amide bonds. The summed E-state index contributed by atoms with van der Waals surface area (Å²) in [7, 11) is 3.46. The predicted octanol–water partition coefficient (Wildman–Crippen LogP) is 1.92. The van der Waals surface area contributed by atoms with Gasteiger partial charge in [0.2, 0.25) is 0 Å². The second-order valence-corrected chi connectivity index (χ2v) is 4.88. The average Bonchev–Trinajstić information content (AvgIpc) is 2.50. The molecule has 0 saturated heterocycles. The van der Waals surface area contributed by atoms with Gasteiger partial charge in [0.05, 0.1) is 13.2 Å². The number of benzene rings is 1. The number of hydrogen-bond acceptors (Lipinski definition) is 3. The Morgan fingerprint density at radius 1 is 1.24 bits per heavy atom. The Balaban J connectivity index is 2.42. The van der Waals surface area contributed by atoms with Crippen molar-refractivity contribution in [1.29, 1.82) is 0 Å². The van der Waals surface area contributed by atoms with Gasteiger partial charge in [-0.3, -0.25) is 4.99 Å². The van der Waals surface area contributed by atoms with E-state index in [0.29, 0.717) is 13.2 Å². The summed E-state index contributed by atoms with van der Waals surface area (Å²) in [5.74, 6) is 0.776. The van der Waals surface area contributed by atoms with Crippen molar-refractivity contribution in [2.24, 2.45) is 4.99 Å². The molecule has 21 heavy (non-hydrogen) atoms. The van der Waals surface area contributed by atoms with Gasteiger partial charge < -0.3 is 20.1 Å². The van der Waals surface area contributed by atoms with Crippen LogP contribution in [0.4, 0.5) is 0 Å². The molecule has 0 spiro atoms. The molecule has 5 heteroatoms. The zero-order valence-electron chi connectivity index (χ0n) is 13.5. The molecule has 118 valence electrons. The molecular formula is C16H27N3O2. The van der Waals surface area contributed by atoms with Crippen LogP contribution in [0.2, 0.25) is 0 Å². The van der Waals surface area contributed by atoms with Gasteiger partial charge in [-0.2, -0.15) is 0 Å². The molecule has 1 atom stereocenters. The molecular weight excluding hydrogens is 266 g/mol. The molecule has 0 fully saturated rings. The third-order valence-electron chi connectivity index (χ3n) is 2.98. The van der Waals surface area contributed by atoms with Crippen LogP contribution in [0.1, 0.15) is 25.0 Å². The number of ether oxygens (including phenoxy) is 2. The van der Waals surface area contributed by atoms with Crippen LogP contribution in [0.15, 0.2) is 29.3 Å². The maximum Gasteiger partial charge on any atom is 0.191 e. The minimum atomic E-state index is 0.217. The van der Waals surface area contributed by atoms with Crippen molar-refractivity contribution in [2.45, 2.75) is 33.0 Å². The third kappa shape index (κ3) is 7.11. The van der Waals surface area contributed by atoms with E-state index in [0.717, 1.165) is 19.1 Å². The maximum atomic E-state index is 5.39. The van der Waals surface area contributed by atoms with E-state index >= 15 is 0 Å². The molecule has 5 nitrogen and oxygen atoms in total. The topological polar surface area (TPSA) is 54.9 Å². The van der Waals surface area contributed by atoms with Crippen molar-refractivity contribution >= 4 is 5.96 Å². The molecule has 0 heterocycles. The van der Waals surface area contributed by atoms with Gasteiger partial charge in [-0.15, -0.1) is 0 Å². The van der Waals surface area contributed by atoms with E-state index < -0.39 is 0 Å². The Morgan fingerprint density at radius 2 is 1.90 bits per heavy atom. The number of nitrogens with zero attached hydrogens (tertiary/aromatic N) is 1. The number of guanidine groups is 1. The fourth-order valence-electron chi connectivity index (χ4n) is 1.88. The number of nitrogens with one attached hydrogen (secondary N) is 2. The number of hydrogen-bond donors (Lipinski definition) is 2. The highest BCUT2D eigenvalue weighted by atomic mass is 16.5. The second-order valence-electron chi connectivity index (χ2n) is 4.88. The Bertz CT molecular complexity index is 418. The number of methoxy groups -OCH3 is 1. The molecule has 2 N–H and O–H groups in total. The molecule has 0 radical (unpaired) electrons. The zero-order chi connectivity index (χ0) is 15.5. The minimum Gasteiger partial charge on any atom is -0.383 e. The van der Waals surface area contributed by atoms with Gasteiger partial charge in [0, 0.05) is 33.4 Å². The van der Waals surface area contributed by atoms with E-state index in [4.69, 9.17) is 9.47 Å². The monoisotopic (exact) mass is 293 g/mol. The summed E-state index contributed by atoms with van der Waals surface area (Å²) >= 11 is 0. The first-order chi connectivity index (χ1) is 10.2. The van der Waals surface area contributed by atoms with Crippen molar-refractivity contribution in [3.8, 4) is 0 Å². The summed E-state index contributed by atoms with van der Waals surface area (Å²) < 4.78 is 10.5. The Labute approximate surface area is 127 Å². The highest BCUT2D eigenvalue weighted by molar-refractivity contribution is 5.79. The van der Waals surface area contributed by atoms with Gasteiger partial charge in [0.1, 0.15) is 0 Å². The Morgan fingerprint density at radius 3 is 2.48 bits per heavy atom. The van der Waals surface area contributed by atoms with Crippen molar-refractivity contribution < 1.29 is 9.47 Å². The van der Waals surface area contributed by atoms with E-state index in [1.807, 2.05) is 6.92 Å². The first-order valence-corrected chi connectivity index (χ1v) is 7.31. The zero-order valence-corrected chi connectivity index (χ0v) is 13.5. The summed E-state index contributed by atoms with van der Waals surface area (Å²) in [6.45, 7) is 6.84. The molecule has 1 aromatic rings. The van der Waals surface area contributed by atoms with E-state index in [2.05, 4.69) is 46.8 Å². The van der Waals surface area contributed by atoms with Gasteiger partial charge in [-0.1, -0.05) is 24.3 Å². The van der Waals surface area contributed by atoms with Crippen LogP contribution in [0.25, 0.3) is 0 Å². The molecule has 0 aliphatic heterocycles. The van der Waals surface area contributed by atoms with Gasteiger partial charge in [0.15, 0.2) is 5.96 Å². The predicted molar refractivity (Wildman–Crippen MR) is 86.4 cm³/mol. The molecule has 0 aliphatic rings. The lowest BCUT2D eigenvalue weighted by molar-refractivity contribution is 0.134. The lowest BCUT2D eigenvalue weighted by atomic mass is 10.1. The van der Waals surface area contributed by atoms with E-state index in [-0.39, 0.29) is 6.04 Å². The molecule has 0 aromatic heterocycles. The van der Waals surface area contributed by atoms with Crippen molar-refractivity contribution in [2.75, 3.05) is 27.4 Å². The number of aliphatic imine (C=N–C) groups is 1. The standard InChI is InChI=1S/C16H27N3O2/c1-5-21-12-15-8-6-14(7-9-15)10-18-16(17-3)19-13(2)11-20-4/h6-9,13H,5,10-12H2,1-4H3,(H2,17,18,19). The first-order valence-electron chi connectivity index (χ1n) is 7.31. The van der Waals surface area contributed by atoms with E-state index in [9.17, 15) is 0 Å². The highest BCUT2D eigenvalue weighted by Gasteiger charge is 2.04. The van der Waals surface area contributed by atoms with Gasteiger partial charge in [-0.05, 0) is 25.0 Å². The highest BCUT2D eigenvalue weighted by Crippen LogP contribution is 2.05. The van der Waals surface area contributed by atoms with Gasteiger partial charge >= 0.3 is 0 Å². The van der Waals surface area contributed by atoms with Crippen LogP contribution in [-0.2, 0) is 22.6 Å². The lowest BCUT2D eigenvalue weighted by Crippen LogP contribution is -2.43. The van der Waals surface area contributed by atoms with Gasteiger partial charge in [-0.25, -0.2) is 0 Å². The van der Waals surface area contributed by atoms with Crippen LogP contribution in [0, 0.1) is 0 Å². The quantitative estimate of drug-likeness (QED) is 0.568. The van der Waals surface area contributed by atoms with E-state index in [1.54, 1.807) is 14.2 Å². The lowest BCUT2D eigenvalue weighted by Gasteiger charge is -2.17. The SMILES string of the molecule is CCOCc1ccc(CNC(=NC)NC(C)COC)cc1. The van der Waals surface area contributed by atoms with Crippen LogP contribution in [0.3, 0.4) is 0 Å². The summed E-state index contributed by atoms with van der Waals surface area (Å²) in [6, 6.07) is 8.61. The number of rotatable bonds is 8. The summed E-state index contributed by atoms with van der Waals surface area (Å²) in [5, 5.41) is 6.56. The summed E-state index contributed by atoms with van der Waals surface area (Å²) in [5.41, 5.74) is 2.40. The van der Waals surface area contributed by atoms with Crippen LogP contribution in [0.5, 0.6) is 0 Å². The second kappa shape index (κ2) is 10.2. The van der Waals surface area contributed by atoms with E-state index in [1.165, 1.54) is 11.1 Å². The first kappa shape index (κ1) is 17.5. The molecule has 0 bridgehead atoms. The van der Waals surface area contributed by atoms with Crippen LogP contribution in [-0.4, -0.2) is 39.4 Å². The average molecular weight is 293 g/mol. The molecule has 0 aliphatic carbocycles. The van der Waals surface area contributed by atoms with Crippen LogP contribution < -0.4 is 10.6 Å². The Kier molecular flexibility index (Phi) is 8.47. The largest absolute Gasteiger partial charge is 0.383 e. The maximum absolute atomic E-state index is 5.39. The van der Waals surface area contributed by atoms with Crippen molar-refractivity contribution in [3.05, 3.63) is 35.4 Å². The summed E-state index contributed by atoms with van der Waals surface area (Å²) in [6.07, 6.45) is 0. The fraction of sp³-hybridized carbons (Fsp3) is 0.562. The van der Waals surface area contributed by atoms with Crippen molar-refractivity contribution in [3.63, 3.8) is 0 Å².